The maximum Gasteiger partial charge on any atom is 0.254 e. The van der Waals surface area contributed by atoms with Gasteiger partial charge in [-0.25, -0.2) is 0 Å². The van der Waals surface area contributed by atoms with Crippen LogP contribution in [0.5, 0.6) is 0 Å². The van der Waals surface area contributed by atoms with E-state index in [0.29, 0.717) is 13.2 Å². The zero-order chi connectivity index (χ0) is 14.4. The highest BCUT2D eigenvalue weighted by Gasteiger charge is 2.38. The van der Waals surface area contributed by atoms with Gasteiger partial charge in [-0.05, 0) is 37.5 Å². The van der Waals surface area contributed by atoms with E-state index in [2.05, 4.69) is 10.6 Å². The van der Waals surface area contributed by atoms with E-state index in [4.69, 9.17) is 4.74 Å². The quantitative estimate of drug-likeness (QED) is 0.806. The SMILES string of the molecule is Cn1ccc2c(C(=O)N3CCO[C@@H]4CCC[C@@H]43)cccc21. The summed E-state index contributed by atoms with van der Waals surface area (Å²) in [5.41, 5.74) is 1.93. The Morgan fingerprint density at radius 3 is 3.10 bits per heavy atom. The minimum atomic E-state index is 0.159. The first-order chi connectivity index (χ1) is 10.3. The first-order valence-electron chi connectivity index (χ1n) is 7.72. The average molecular weight is 284 g/mol. The minimum Gasteiger partial charge on any atom is -0.374 e. The summed E-state index contributed by atoms with van der Waals surface area (Å²) >= 11 is 0. The molecule has 1 aromatic carbocycles. The second-order valence-electron chi connectivity index (χ2n) is 6.07. The Morgan fingerprint density at radius 1 is 1.29 bits per heavy atom. The largest absolute Gasteiger partial charge is 0.374 e. The van der Waals surface area contributed by atoms with Crippen molar-refractivity contribution in [2.45, 2.75) is 31.4 Å². The zero-order valence-electron chi connectivity index (χ0n) is 12.3. The molecule has 2 aliphatic rings. The highest BCUT2D eigenvalue weighted by Crippen LogP contribution is 2.31. The van der Waals surface area contributed by atoms with E-state index in [0.717, 1.165) is 35.7 Å². The van der Waals surface area contributed by atoms with Crippen molar-refractivity contribution in [3.63, 3.8) is 0 Å². The normalized spacial score (nSPS) is 25.3. The van der Waals surface area contributed by atoms with Crippen LogP contribution in [0.2, 0.25) is 0 Å². The summed E-state index contributed by atoms with van der Waals surface area (Å²) in [4.78, 5) is 15.1. The lowest BCUT2D eigenvalue weighted by Crippen LogP contribution is -2.51. The predicted octanol–water partition coefficient (Wildman–Crippen LogP) is 2.57. The first-order valence-corrected chi connectivity index (χ1v) is 7.72. The molecule has 0 bridgehead atoms. The summed E-state index contributed by atoms with van der Waals surface area (Å²) in [6, 6.07) is 8.29. The second kappa shape index (κ2) is 4.88. The van der Waals surface area contributed by atoms with Gasteiger partial charge in [0.1, 0.15) is 0 Å². The van der Waals surface area contributed by atoms with Gasteiger partial charge in [0.2, 0.25) is 0 Å². The molecule has 2 atom stereocenters. The van der Waals surface area contributed by atoms with Gasteiger partial charge in [-0.15, -0.1) is 0 Å². The number of aryl methyl sites for hydroxylation is 1. The van der Waals surface area contributed by atoms with Crippen LogP contribution in [0.15, 0.2) is 30.5 Å². The summed E-state index contributed by atoms with van der Waals surface area (Å²) < 4.78 is 7.87. The van der Waals surface area contributed by atoms with Crippen LogP contribution in [0.3, 0.4) is 0 Å². The van der Waals surface area contributed by atoms with Crippen molar-refractivity contribution in [2.24, 2.45) is 7.05 Å². The Kier molecular flexibility index (Phi) is 3.00. The molecule has 1 saturated heterocycles. The molecule has 2 aromatic rings. The number of rotatable bonds is 1. The summed E-state index contributed by atoms with van der Waals surface area (Å²) in [5.74, 6) is 0.159. The standard InChI is InChI=1S/C17H20N2O2/c1-18-9-8-12-13(4-2-5-14(12)18)17(20)19-10-11-21-16-7-3-6-15(16)19/h2,4-5,8-9,15-16H,3,6-7,10-11H2,1H3/t15-,16+/m0/s1. The second-order valence-corrected chi connectivity index (χ2v) is 6.07. The fourth-order valence-electron chi connectivity index (χ4n) is 3.82. The van der Waals surface area contributed by atoms with E-state index < -0.39 is 0 Å². The smallest absolute Gasteiger partial charge is 0.254 e. The van der Waals surface area contributed by atoms with E-state index in [1.807, 2.05) is 36.3 Å². The number of morpholine rings is 1. The third-order valence-electron chi connectivity index (χ3n) is 4.90. The fourth-order valence-corrected chi connectivity index (χ4v) is 3.82. The van der Waals surface area contributed by atoms with Crippen molar-refractivity contribution in [1.29, 1.82) is 0 Å². The van der Waals surface area contributed by atoms with Gasteiger partial charge in [-0.2, -0.15) is 0 Å². The molecular weight excluding hydrogens is 264 g/mol. The Balaban J connectivity index is 1.73. The van der Waals surface area contributed by atoms with Gasteiger partial charge >= 0.3 is 0 Å². The van der Waals surface area contributed by atoms with Crippen molar-refractivity contribution >= 4 is 16.8 Å². The highest BCUT2D eigenvalue weighted by molar-refractivity contribution is 6.06. The molecule has 2 fully saturated rings. The van der Waals surface area contributed by atoms with Gasteiger partial charge in [0.25, 0.3) is 5.91 Å². The molecule has 1 aliphatic carbocycles. The molecule has 2 heterocycles. The maximum absolute atomic E-state index is 13.0. The molecule has 21 heavy (non-hydrogen) atoms. The number of fused-ring (bicyclic) bond motifs is 2. The number of hydrogen-bond donors (Lipinski definition) is 0. The molecule has 0 radical (unpaired) electrons. The summed E-state index contributed by atoms with van der Waals surface area (Å²) in [5, 5.41) is 1.05. The highest BCUT2D eigenvalue weighted by atomic mass is 16.5. The predicted molar refractivity (Wildman–Crippen MR) is 81.3 cm³/mol. The molecule has 1 amide bonds. The fraction of sp³-hybridized carbons (Fsp3) is 0.471. The van der Waals surface area contributed by atoms with Crippen LogP contribution in [-0.4, -0.2) is 40.7 Å². The number of benzene rings is 1. The van der Waals surface area contributed by atoms with Gasteiger partial charge in [-0.3, -0.25) is 4.79 Å². The molecule has 1 aromatic heterocycles. The van der Waals surface area contributed by atoms with Crippen molar-refractivity contribution < 1.29 is 9.53 Å². The molecule has 0 spiro atoms. The van der Waals surface area contributed by atoms with Crippen LogP contribution < -0.4 is 0 Å². The average Bonchev–Trinajstić information content (AvgIpc) is 3.13. The number of nitrogens with zero attached hydrogens (tertiary/aromatic N) is 2. The number of aromatic nitrogens is 1. The molecule has 4 rings (SSSR count). The third-order valence-corrected chi connectivity index (χ3v) is 4.90. The topological polar surface area (TPSA) is 34.5 Å². The number of amides is 1. The Labute approximate surface area is 124 Å². The summed E-state index contributed by atoms with van der Waals surface area (Å²) in [6.45, 7) is 1.38. The molecule has 110 valence electrons. The molecule has 4 heteroatoms. The van der Waals surface area contributed by atoms with Crippen LogP contribution in [0.1, 0.15) is 29.6 Å². The number of ether oxygens (including phenoxy) is 1. The molecule has 1 saturated carbocycles. The first kappa shape index (κ1) is 12.9. The van der Waals surface area contributed by atoms with Crippen LogP contribution in [-0.2, 0) is 11.8 Å². The van der Waals surface area contributed by atoms with Gasteiger partial charge < -0.3 is 14.2 Å². The van der Waals surface area contributed by atoms with E-state index in [1.165, 1.54) is 0 Å². The lowest BCUT2D eigenvalue weighted by molar-refractivity contribution is -0.0444. The lowest BCUT2D eigenvalue weighted by Gasteiger charge is -2.37. The number of hydrogen-bond acceptors (Lipinski definition) is 2. The molecule has 0 unspecified atom stereocenters. The molecule has 4 nitrogen and oxygen atoms in total. The van der Waals surface area contributed by atoms with Gasteiger partial charge in [0, 0.05) is 36.3 Å². The monoisotopic (exact) mass is 284 g/mol. The van der Waals surface area contributed by atoms with Crippen LogP contribution in [0.4, 0.5) is 0 Å². The maximum atomic E-state index is 13.0. The van der Waals surface area contributed by atoms with Gasteiger partial charge in [0.05, 0.1) is 18.8 Å². The molecular formula is C17H20N2O2. The van der Waals surface area contributed by atoms with Crippen LogP contribution in [0, 0.1) is 0 Å². The third kappa shape index (κ3) is 1.97. The van der Waals surface area contributed by atoms with Gasteiger partial charge in [0.15, 0.2) is 0 Å². The minimum absolute atomic E-state index is 0.159. The zero-order valence-corrected chi connectivity index (χ0v) is 12.3. The van der Waals surface area contributed by atoms with E-state index >= 15 is 0 Å². The number of carbonyl (C=O) groups is 1. The molecule has 1 aliphatic heterocycles. The van der Waals surface area contributed by atoms with Crippen LogP contribution in [0.25, 0.3) is 10.9 Å². The Hall–Kier alpha value is -1.81. The van der Waals surface area contributed by atoms with Crippen molar-refractivity contribution in [3.05, 3.63) is 36.0 Å². The Morgan fingerprint density at radius 2 is 2.19 bits per heavy atom. The van der Waals surface area contributed by atoms with Crippen molar-refractivity contribution in [1.82, 2.24) is 9.47 Å². The van der Waals surface area contributed by atoms with Crippen molar-refractivity contribution in [2.75, 3.05) is 13.2 Å². The summed E-state index contributed by atoms with van der Waals surface area (Å²) in [7, 11) is 2.01. The van der Waals surface area contributed by atoms with Crippen LogP contribution >= 0.6 is 0 Å². The van der Waals surface area contributed by atoms with Crippen molar-refractivity contribution in [3.8, 4) is 0 Å². The number of carbonyl (C=O) groups excluding carboxylic acids is 1. The summed E-state index contributed by atoms with van der Waals surface area (Å²) in [6.07, 6.45) is 5.58. The Bertz CT molecular complexity index is 691. The van der Waals surface area contributed by atoms with E-state index in [9.17, 15) is 4.79 Å². The van der Waals surface area contributed by atoms with E-state index in [-0.39, 0.29) is 18.1 Å². The van der Waals surface area contributed by atoms with E-state index in [1.54, 1.807) is 0 Å². The van der Waals surface area contributed by atoms with Gasteiger partial charge in [-0.1, -0.05) is 6.07 Å². The lowest BCUT2D eigenvalue weighted by atomic mass is 10.1. The molecule has 0 N–H and O–H groups in total.